The summed E-state index contributed by atoms with van der Waals surface area (Å²) in [6.45, 7) is 12.4. The minimum atomic E-state index is 0. The summed E-state index contributed by atoms with van der Waals surface area (Å²) in [6, 6.07) is 6.58. The van der Waals surface area contributed by atoms with Crippen LogP contribution in [0.5, 0.6) is 0 Å². The van der Waals surface area contributed by atoms with E-state index in [0.717, 1.165) is 17.3 Å². The van der Waals surface area contributed by atoms with Crippen LogP contribution < -0.4 is 0 Å². The van der Waals surface area contributed by atoms with Gasteiger partial charge in [0.1, 0.15) is 6.04 Å². The van der Waals surface area contributed by atoms with Crippen LogP contribution in [0, 0.1) is 13.8 Å². The van der Waals surface area contributed by atoms with Crippen molar-refractivity contribution in [3.05, 3.63) is 34.9 Å². The number of ketones is 1. The molecule has 1 aromatic carbocycles. The molecule has 3 heteroatoms. The fourth-order valence-electron chi connectivity index (χ4n) is 4.71. The molecule has 25 heavy (non-hydrogen) atoms. The third kappa shape index (κ3) is 5.71. The Hall–Kier alpha value is -0.0461. The summed E-state index contributed by atoms with van der Waals surface area (Å²) >= 11 is 0. The van der Waals surface area contributed by atoms with Gasteiger partial charge in [-0.15, -0.1) is 0 Å². The zero-order valence-corrected chi connectivity index (χ0v) is 19.7. The van der Waals surface area contributed by atoms with E-state index in [4.69, 9.17) is 0 Å². The summed E-state index contributed by atoms with van der Waals surface area (Å²) in [6.07, 6.45) is 7.86. The Morgan fingerprint density at radius 1 is 1.04 bits per heavy atom. The maximum atomic E-state index is 13.4. The van der Waals surface area contributed by atoms with Gasteiger partial charge >= 0.3 is 0 Å². The van der Waals surface area contributed by atoms with Gasteiger partial charge in [-0.05, 0) is 56.2 Å². The molecule has 1 atom stereocenters. The topological polar surface area (TPSA) is 17.1 Å². The molecule has 0 N–H and O–H groups in total. The molecule has 0 amide bonds. The molecular formula is C22H36NOY+. The SMILES string of the molecule is CCC[C@@H](C(=O)Cc1c(C)cccc1C)[N+]1(CCC)CCCCC1.[Y]. The molecule has 1 fully saturated rings. The van der Waals surface area contributed by atoms with Crippen molar-refractivity contribution in [1.29, 1.82) is 0 Å². The van der Waals surface area contributed by atoms with Crippen molar-refractivity contribution in [3.63, 3.8) is 0 Å². The van der Waals surface area contributed by atoms with Gasteiger partial charge in [0.2, 0.25) is 0 Å². The standard InChI is InChI=1S/C22H36NO.Y/c1-5-11-21(23(14-6-2)15-8-7-9-16-23)22(24)17-20-18(3)12-10-13-19(20)4;/h10,12-13,21H,5-9,11,14-17H2,1-4H3;/q+1;/t21-;/m0./s1. The number of aryl methyl sites for hydroxylation is 2. The Balaban J connectivity index is 0.00000312. The summed E-state index contributed by atoms with van der Waals surface area (Å²) in [7, 11) is 0. The summed E-state index contributed by atoms with van der Waals surface area (Å²) in [5.74, 6) is 0.476. The van der Waals surface area contributed by atoms with Crippen molar-refractivity contribution in [2.45, 2.75) is 78.7 Å². The van der Waals surface area contributed by atoms with Crippen LogP contribution in [-0.2, 0) is 43.9 Å². The molecule has 2 rings (SSSR count). The van der Waals surface area contributed by atoms with Crippen LogP contribution in [0.15, 0.2) is 18.2 Å². The van der Waals surface area contributed by atoms with Crippen LogP contribution in [-0.4, -0.2) is 35.9 Å². The molecule has 1 radical (unpaired) electrons. The molecule has 2 nitrogen and oxygen atoms in total. The first-order chi connectivity index (χ1) is 11.5. The molecule has 0 aliphatic carbocycles. The number of carbonyl (C=O) groups is 1. The molecule has 1 saturated heterocycles. The summed E-state index contributed by atoms with van der Waals surface area (Å²) < 4.78 is 1.06. The van der Waals surface area contributed by atoms with Gasteiger partial charge in [0.05, 0.1) is 19.6 Å². The summed E-state index contributed by atoms with van der Waals surface area (Å²) in [4.78, 5) is 13.4. The Morgan fingerprint density at radius 2 is 1.64 bits per heavy atom. The van der Waals surface area contributed by atoms with Crippen molar-refractivity contribution in [2.75, 3.05) is 19.6 Å². The van der Waals surface area contributed by atoms with Crippen molar-refractivity contribution < 1.29 is 42.0 Å². The number of likely N-dealkylation sites (tertiary alicyclic amines) is 1. The first-order valence-electron chi connectivity index (χ1n) is 9.97. The Kier molecular flexibility index (Phi) is 10.1. The van der Waals surface area contributed by atoms with Gasteiger partial charge in [0.25, 0.3) is 0 Å². The fraction of sp³-hybridized carbons (Fsp3) is 0.682. The van der Waals surface area contributed by atoms with E-state index in [9.17, 15) is 4.79 Å². The van der Waals surface area contributed by atoms with Gasteiger partial charge in [-0.3, -0.25) is 4.79 Å². The largest absolute Gasteiger partial charge is 0.315 e. The second-order valence-corrected chi connectivity index (χ2v) is 7.77. The summed E-state index contributed by atoms with van der Waals surface area (Å²) in [5.41, 5.74) is 3.79. The van der Waals surface area contributed by atoms with E-state index in [-0.39, 0.29) is 38.8 Å². The molecule has 0 unspecified atom stereocenters. The van der Waals surface area contributed by atoms with Crippen molar-refractivity contribution in [2.24, 2.45) is 0 Å². The van der Waals surface area contributed by atoms with Crippen LogP contribution in [0.1, 0.15) is 69.1 Å². The predicted octanol–water partition coefficient (Wildman–Crippen LogP) is 4.99. The quantitative estimate of drug-likeness (QED) is 0.543. The van der Waals surface area contributed by atoms with Gasteiger partial charge in [0, 0.05) is 45.6 Å². The van der Waals surface area contributed by atoms with Crippen molar-refractivity contribution in [1.82, 2.24) is 0 Å². The second-order valence-electron chi connectivity index (χ2n) is 7.77. The molecule has 0 aromatic heterocycles. The number of piperidine rings is 1. The first-order valence-corrected chi connectivity index (χ1v) is 9.97. The van der Waals surface area contributed by atoms with Gasteiger partial charge in [-0.25, -0.2) is 0 Å². The number of rotatable bonds is 8. The number of benzene rings is 1. The Bertz CT molecular complexity index is 523. The van der Waals surface area contributed by atoms with E-state index in [1.165, 1.54) is 62.0 Å². The van der Waals surface area contributed by atoms with E-state index in [0.29, 0.717) is 12.2 Å². The zero-order valence-electron chi connectivity index (χ0n) is 16.8. The van der Waals surface area contributed by atoms with Gasteiger partial charge in [-0.2, -0.15) is 0 Å². The molecule has 0 spiro atoms. The molecule has 1 aromatic rings. The average Bonchev–Trinajstić information content (AvgIpc) is 2.57. The maximum Gasteiger partial charge on any atom is 0.194 e. The minimum absolute atomic E-state index is 0. The average molecular weight is 419 g/mol. The van der Waals surface area contributed by atoms with Crippen LogP contribution in [0.2, 0.25) is 0 Å². The van der Waals surface area contributed by atoms with E-state index in [1.807, 2.05) is 0 Å². The van der Waals surface area contributed by atoms with Crippen LogP contribution in [0.3, 0.4) is 0 Å². The Labute approximate surface area is 180 Å². The number of nitrogens with zero attached hydrogens (tertiary/aromatic N) is 1. The first kappa shape index (κ1) is 23.0. The molecule has 0 saturated carbocycles. The number of hydrogen-bond acceptors (Lipinski definition) is 1. The number of Topliss-reactive ketones (excluding diaryl/α,β-unsaturated/α-hetero) is 1. The second kappa shape index (κ2) is 10.9. The number of quaternary nitrogens is 1. The van der Waals surface area contributed by atoms with E-state index >= 15 is 0 Å². The normalized spacial score (nSPS) is 17.6. The third-order valence-corrected chi connectivity index (χ3v) is 5.97. The zero-order chi connectivity index (χ0) is 17.6. The van der Waals surface area contributed by atoms with Crippen molar-refractivity contribution >= 4 is 5.78 Å². The van der Waals surface area contributed by atoms with Crippen LogP contribution >= 0.6 is 0 Å². The molecule has 1 aliphatic heterocycles. The van der Waals surface area contributed by atoms with E-state index in [2.05, 4.69) is 45.9 Å². The summed E-state index contributed by atoms with van der Waals surface area (Å²) in [5, 5.41) is 0. The third-order valence-electron chi connectivity index (χ3n) is 5.97. The van der Waals surface area contributed by atoms with Gasteiger partial charge in [-0.1, -0.05) is 38.5 Å². The fourth-order valence-corrected chi connectivity index (χ4v) is 4.71. The number of hydrogen-bond donors (Lipinski definition) is 0. The molecular weight excluding hydrogens is 383 g/mol. The Morgan fingerprint density at radius 3 is 2.16 bits per heavy atom. The molecule has 1 aliphatic rings. The minimum Gasteiger partial charge on any atom is -0.315 e. The molecule has 1 heterocycles. The van der Waals surface area contributed by atoms with Crippen LogP contribution in [0.4, 0.5) is 0 Å². The smallest absolute Gasteiger partial charge is 0.194 e. The van der Waals surface area contributed by atoms with Gasteiger partial charge in [0.15, 0.2) is 5.78 Å². The van der Waals surface area contributed by atoms with E-state index in [1.54, 1.807) is 0 Å². The van der Waals surface area contributed by atoms with Gasteiger partial charge < -0.3 is 4.48 Å². The predicted molar refractivity (Wildman–Crippen MR) is 102 cm³/mol. The monoisotopic (exact) mass is 419 g/mol. The molecule has 137 valence electrons. The van der Waals surface area contributed by atoms with Crippen LogP contribution in [0.25, 0.3) is 0 Å². The number of carbonyl (C=O) groups excluding carboxylic acids is 1. The van der Waals surface area contributed by atoms with E-state index < -0.39 is 0 Å². The molecule has 0 bridgehead atoms. The maximum absolute atomic E-state index is 13.4. The van der Waals surface area contributed by atoms with Crippen molar-refractivity contribution in [3.8, 4) is 0 Å².